The first-order chi connectivity index (χ1) is 10.3. The van der Waals surface area contributed by atoms with Crippen molar-refractivity contribution in [2.75, 3.05) is 19.8 Å². The van der Waals surface area contributed by atoms with E-state index >= 15 is 0 Å². The maximum absolute atomic E-state index is 12.6. The predicted molar refractivity (Wildman–Crippen MR) is 75.2 cm³/mol. The van der Waals surface area contributed by atoms with E-state index in [1.165, 1.54) is 11.6 Å². The Kier molecular flexibility index (Phi) is 6.86. The molecule has 8 heteroatoms. The summed E-state index contributed by atoms with van der Waals surface area (Å²) < 4.78 is 44.1. The molecule has 5 nitrogen and oxygen atoms in total. The Hall–Kier alpha value is -1.57. The third kappa shape index (κ3) is 5.67. The molecule has 1 atom stereocenters. The highest BCUT2D eigenvalue weighted by molar-refractivity contribution is 5.78. The van der Waals surface area contributed by atoms with Crippen molar-refractivity contribution in [3.05, 3.63) is 17.5 Å². The summed E-state index contributed by atoms with van der Waals surface area (Å²) >= 11 is 0. The molecule has 1 rings (SSSR count). The number of aromatic nitrogens is 2. The van der Waals surface area contributed by atoms with Gasteiger partial charge in [0.25, 0.3) is 0 Å². The van der Waals surface area contributed by atoms with Gasteiger partial charge >= 0.3 is 6.18 Å². The van der Waals surface area contributed by atoms with Crippen LogP contribution in [-0.2, 0) is 22.3 Å². The van der Waals surface area contributed by atoms with Crippen molar-refractivity contribution in [1.82, 2.24) is 15.1 Å². The maximum atomic E-state index is 12.6. The molecule has 1 N–H and O–H groups in total. The Morgan fingerprint density at radius 1 is 1.50 bits per heavy atom. The van der Waals surface area contributed by atoms with Crippen molar-refractivity contribution < 1.29 is 22.7 Å². The zero-order valence-electron chi connectivity index (χ0n) is 13.0. The van der Waals surface area contributed by atoms with Gasteiger partial charge in [-0.15, -0.1) is 0 Å². The van der Waals surface area contributed by atoms with Crippen LogP contribution < -0.4 is 5.32 Å². The van der Waals surface area contributed by atoms with Crippen LogP contribution in [0.4, 0.5) is 13.2 Å². The summed E-state index contributed by atoms with van der Waals surface area (Å²) in [5.41, 5.74) is -0.558. The Balaban J connectivity index is 2.49. The number of rotatable bonds is 8. The quantitative estimate of drug-likeness (QED) is 0.748. The molecule has 0 aliphatic rings. The van der Waals surface area contributed by atoms with E-state index in [2.05, 4.69) is 10.4 Å². The van der Waals surface area contributed by atoms with Crippen molar-refractivity contribution in [1.29, 1.82) is 0 Å². The molecule has 0 saturated carbocycles. The zero-order chi connectivity index (χ0) is 16.8. The number of nitrogens with zero attached hydrogens (tertiary/aromatic N) is 2. The van der Waals surface area contributed by atoms with Crippen LogP contribution in [0.15, 0.2) is 6.07 Å². The average molecular weight is 321 g/mol. The number of carbonyl (C=O) groups excluding carboxylic acids is 1. The lowest BCUT2D eigenvalue weighted by atomic mass is 10.1. The topological polar surface area (TPSA) is 56.1 Å². The fraction of sp³-hybridized carbons (Fsp3) is 0.714. The lowest BCUT2D eigenvalue weighted by Crippen LogP contribution is -2.33. The van der Waals surface area contributed by atoms with Crippen LogP contribution in [0.1, 0.15) is 31.7 Å². The molecule has 0 aliphatic carbocycles. The summed E-state index contributed by atoms with van der Waals surface area (Å²) in [5, 5.41) is 6.25. The zero-order valence-corrected chi connectivity index (χ0v) is 13.0. The molecular formula is C14H22F3N3O2. The molecule has 22 heavy (non-hydrogen) atoms. The molecule has 0 spiro atoms. The van der Waals surface area contributed by atoms with Crippen LogP contribution in [-0.4, -0.2) is 35.4 Å². The van der Waals surface area contributed by atoms with E-state index in [4.69, 9.17) is 4.74 Å². The molecule has 0 bridgehead atoms. The summed E-state index contributed by atoms with van der Waals surface area (Å²) in [6.07, 6.45) is -3.77. The van der Waals surface area contributed by atoms with Crippen LogP contribution in [0.25, 0.3) is 0 Å². The van der Waals surface area contributed by atoms with Gasteiger partial charge in [0.15, 0.2) is 5.69 Å². The summed E-state index contributed by atoms with van der Waals surface area (Å²) in [6, 6.07) is 0.979. The fourth-order valence-corrected chi connectivity index (χ4v) is 1.88. The third-order valence-corrected chi connectivity index (χ3v) is 3.13. The Labute approximate surface area is 127 Å². The fourth-order valence-electron chi connectivity index (χ4n) is 1.88. The number of hydrogen-bond acceptors (Lipinski definition) is 3. The molecule has 0 radical (unpaired) electrons. The van der Waals surface area contributed by atoms with E-state index in [-0.39, 0.29) is 12.5 Å². The molecular weight excluding hydrogens is 299 g/mol. The van der Waals surface area contributed by atoms with Gasteiger partial charge in [-0.25, -0.2) is 0 Å². The molecule has 1 unspecified atom stereocenters. The summed E-state index contributed by atoms with van der Waals surface area (Å²) in [4.78, 5) is 11.9. The number of carbonyl (C=O) groups is 1. The Morgan fingerprint density at radius 3 is 2.73 bits per heavy atom. The van der Waals surface area contributed by atoms with Gasteiger partial charge in [-0.1, -0.05) is 6.92 Å². The van der Waals surface area contributed by atoms with Crippen molar-refractivity contribution in [3.63, 3.8) is 0 Å². The molecule has 1 amide bonds. The van der Waals surface area contributed by atoms with Gasteiger partial charge in [0, 0.05) is 25.5 Å². The first-order valence-electron chi connectivity index (χ1n) is 7.22. The molecule has 1 aromatic rings. The van der Waals surface area contributed by atoms with Crippen molar-refractivity contribution >= 4 is 5.91 Å². The Bertz CT molecular complexity index is 486. The molecule has 126 valence electrons. The van der Waals surface area contributed by atoms with Gasteiger partial charge in [-0.2, -0.15) is 18.3 Å². The van der Waals surface area contributed by atoms with Gasteiger partial charge in [0.1, 0.15) is 0 Å². The minimum atomic E-state index is -4.47. The SMILES string of the molecule is CCOCCCNC(=O)C(C)Cn1nc(C(F)(F)F)cc1C. The number of nitrogens with one attached hydrogen (secondary N) is 1. The second-order valence-corrected chi connectivity index (χ2v) is 5.09. The van der Waals surface area contributed by atoms with E-state index in [0.717, 1.165) is 6.07 Å². The van der Waals surface area contributed by atoms with Crippen LogP contribution in [0.5, 0.6) is 0 Å². The smallest absolute Gasteiger partial charge is 0.382 e. The second-order valence-electron chi connectivity index (χ2n) is 5.09. The third-order valence-electron chi connectivity index (χ3n) is 3.13. The van der Waals surface area contributed by atoms with Crippen LogP contribution in [0.2, 0.25) is 0 Å². The van der Waals surface area contributed by atoms with E-state index < -0.39 is 17.8 Å². The number of amides is 1. The first kappa shape index (κ1) is 18.5. The summed E-state index contributed by atoms with van der Waals surface area (Å²) in [7, 11) is 0. The number of hydrogen-bond donors (Lipinski definition) is 1. The van der Waals surface area contributed by atoms with Crippen LogP contribution in [0, 0.1) is 12.8 Å². The first-order valence-corrected chi connectivity index (χ1v) is 7.22. The largest absolute Gasteiger partial charge is 0.435 e. The van der Waals surface area contributed by atoms with Crippen LogP contribution >= 0.6 is 0 Å². The van der Waals surface area contributed by atoms with Gasteiger partial charge in [0.05, 0.1) is 12.5 Å². The lowest BCUT2D eigenvalue weighted by molar-refractivity contribution is -0.141. The van der Waals surface area contributed by atoms with E-state index in [0.29, 0.717) is 31.9 Å². The number of halogens is 3. The maximum Gasteiger partial charge on any atom is 0.435 e. The van der Waals surface area contributed by atoms with Crippen molar-refractivity contribution in [3.8, 4) is 0 Å². The van der Waals surface area contributed by atoms with Crippen molar-refractivity contribution in [2.45, 2.75) is 39.9 Å². The molecule has 0 aromatic carbocycles. The van der Waals surface area contributed by atoms with Gasteiger partial charge in [0.2, 0.25) is 5.91 Å². The number of aryl methyl sites for hydroxylation is 1. The molecule has 1 heterocycles. The van der Waals surface area contributed by atoms with E-state index in [9.17, 15) is 18.0 Å². The van der Waals surface area contributed by atoms with Crippen molar-refractivity contribution in [2.24, 2.45) is 5.92 Å². The number of ether oxygens (including phenoxy) is 1. The van der Waals surface area contributed by atoms with Crippen LogP contribution in [0.3, 0.4) is 0 Å². The highest BCUT2D eigenvalue weighted by atomic mass is 19.4. The Morgan fingerprint density at radius 2 is 2.18 bits per heavy atom. The van der Waals surface area contributed by atoms with Gasteiger partial charge < -0.3 is 10.1 Å². The second kappa shape index (κ2) is 8.17. The molecule has 0 saturated heterocycles. The summed E-state index contributed by atoms with van der Waals surface area (Å²) in [6.45, 7) is 6.88. The normalized spacial score (nSPS) is 13.2. The molecule has 0 fully saturated rings. The van der Waals surface area contributed by atoms with E-state index in [1.54, 1.807) is 6.92 Å². The lowest BCUT2D eigenvalue weighted by Gasteiger charge is -2.13. The predicted octanol–water partition coefficient (Wildman–Crippen LogP) is 2.39. The molecule has 0 aliphatic heterocycles. The minimum Gasteiger partial charge on any atom is -0.382 e. The van der Waals surface area contributed by atoms with E-state index in [1.807, 2.05) is 6.92 Å². The van der Waals surface area contributed by atoms with Gasteiger partial charge in [-0.3, -0.25) is 9.48 Å². The number of alkyl halides is 3. The highest BCUT2D eigenvalue weighted by Gasteiger charge is 2.34. The standard InChI is InChI=1S/C14H22F3N3O2/c1-4-22-7-5-6-18-13(21)10(2)9-20-11(3)8-12(19-20)14(15,16)17/h8,10H,4-7,9H2,1-3H3,(H,18,21). The van der Waals surface area contributed by atoms with Gasteiger partial charge in [-0.05, 0) is 26.3 Å². The average Bonchev–Trinajstić information content (AvgIpc) is 2.79. The summed E-state index contributed by atoms with van der Waals surface area (Å²) in [5.74, 6) is -0.674. The molecule has 1 aromatic heterocycles. The minimum absolute atomic E-state index is 0.110. The monoisotopic (exact) mass is 321 g/mol. The highest BCUT2D eigenvalue weighted by Crippen LogP contribution is 2.28.